The van der Waals surface area contributed by atoms with Crippen LogP contribution in [0.3, 0.4) is 0 Å². The molecule has 0 fully saturated rings. The Bertz CT molecular complexity index is 1170. The van der Waals surface area contributed by atoms with E-state index >= 15 is 0 Å². The molecule has 0 unspecified atom stereocenters. The molecule has 6 nitrogen and oxygen atoms in total. The minimum absolute atomic E-state index is 0.0525. The molecule has 3 rings (SSSR count). The Hall–Kier alpha value is -3.38. The van der Waals surface area contributed by atoms with Crippen LogP contribution >= 0.6 is 11.6 Å². The molecule has 0 aliphatic rings. The van der Waals surface area contributed by atoms with Crippen LogP contribution in [0, 0.1) is 6.92 Å². The topological polar surface area (TPSA) is 70.8 Å². The summed E-state index contributed by atoms with van der Waals surface area (Å²) in [6.07, 6.45) is 2.94. The van der Waals surface area contributed by atoms with E-state index in [1.54, 1.807) is 23.1 Å². The summed E-state index contributed by atoms with van der Waals surface area (Å²) in [6.45, 7) is 5.91. The fourth-order valence-electron chi connectivity index (χ4n) is 3.39. The first-order valence-corrected chi connectivity index (χ1v) is 10.7. The van der Waals surface area contributed by atoms with Gasteiger partial charge in [0.1, 0.15) is 18.0 Å². The molecule has 2 aromatic carbocycles. The average Bonchev–Trinajstić information content (AvgIpc) is 2.80. The fraction of sp³-hybridized carbons (Fsp3) is 0.240. The van der Waals surface area contributed by atoms with E-state index in [-0.39, 0.29) is 49.3 Å². The first kappa shape index (κ1) is 23.3. The maximum atomic E-state index is 13.2. The highest BCUT2D eigenvalue weighted by Crippen LogP contribution is 2.16. The number of nitrogens with zero attached hydrogens (tertiary/aromatic N) is 2. The summed E-state index contributed by atoms with van der Waals surface area (Å²) in [5.41, 5.74) is 2.53. The van der Waals surface area contributed by atoms with Gasteiger partial charge in [-0.25, -0.2) is 0 Å². The summed E-state index contributed by atoms with van der Waals surface area (Å²) in [5.74, 6) is -0.897. The van der Waals surface area contributed by atoms with Crippen molar-refractivity contribution < 1.29 is 14.0 Å². The van der Waals surface area contributed by atoms with E-state index in [0.29, 0.717) is 16.5 Å². The summed E-state index contributed by atoms with van der Waals surface area (Å²) >= 11 is 5.69. The summed E-state index contributed by atoms with van der Waals surface area (Å²) in [7, 11) is 0. The molecular weight excluding hydrogens is 428 g/mol. The van der Waals surface area contributed by atoms with Crippen molar-refractivity contribution in [2.45, 2.75) is 20.0 Å². The number of hydrogen-bond donors (Lipinski definition) is 0. The van der Waals surface area contributed by atoms with E-state index in [9.17, 15) is 14.4 Å². The summed E-state index contributed by atoms with van der Waals surface area (Å²) in [4.78, 5) is 41.3. The average molecular weight is 453 g/mol. The number of benzene rings is 2. The molecule has 0 aliphatic heterocycles. The number of aryl methyl sites for hydroxylation is 1. The SMILES string of the molecule is C=CCN(CC(=O)N(Cc1ccccc1)Cc1coc2ccc(C)cc2c1=O)C(=O)CCl. The lowest BCUT2D eigenvalue weighted by molar-refractivity contribution is -0.139. The van der Waals surface area contributed by atoms with Crippen LogP contribution in [-0.2, 0) is 22.7 Å². The second kappa shape index (κ2) is 10.8. The minimum atomic E-state index is -0.361. The molecule has 2 amide bonds. The van der Waals surface area contributed by atoms with Gasteiger partial charge in [-0.05, 0) is 24.6 Å². The molecule has 0 saturated carbocycles. The molecule has 0 spiro atoms. The van der Waals surface area contributed by atoms with Gasteiger partial charge in [0.25, 0.3) is 0 Å². The molecule has 0 saturated heterocycles. The highest BCUT2D eigenvalue weighted by atomic mass is 35.5. The highest BCUT2D eigenvalue weighted by Gasteiger charge is 2.22. The van der Waals surface area contributed by atoms with Gasteiger partial charge in [0.2, 0.25) is 11.8 Å². The number of alkyl halides is 1. The smallest absolute Gasteiger partial charge is 0.242 e. The Morgan fingerprint density at radius 1 is 1.06 bits per heavy atom. The number of carbonyl (C=O) groups excluding carboxylic acids is 2. The first-order valence-electron chi connectivity index (χ1n) is 10.2. The van der Waals surface area contributed by atoms with Gasteiger partial charge in [-0.3, -0.25) is 14.4 Å². The standard InChI is InChI=1S/C25H25ClN2O4/c1-3-11-27(23(29)13-26)16-24(30)28(14-19-7-5-4-6-8-19)15-20-17-32-22-10-9-18(2)12-21(22)25(20)31/h3-10,12,17H,1,11,13-16H2,2H3. The van der Waals surface area contributed by atoms with E-state index in [2.05, 4.69) is 6.58 Å². The van der Waals surface area contributed by atoms with Crippen LogP contribution in [0.5, 0.6) is 0 Å². The van der Waals surface area contributed by atoms with Crippen molar-refractivity contribution in [3.63, 3.8) is 0 Å². The van der Waals surface area contributed by atoms with E-state index in [1.165, 1.54) is 11.2 Å². The quantitative estimate of drug-likeness (QED) is 0.365. The number of hydrogen-bond acceptors (Lipinski definition) is 4. The highest BCUT2D eigenvalue weighted by molar-refractivity contribution is 6.27. The zero-order chi connectivity index (χ0) is 23.1. The van der Waals surface area contributed by atoms with Crippen molar-refractivity contribution in [2.75, 3.05) is 19.0 Å². The molecular formula is C25H25ClN2O4. The van der Waals surface area contributed by atoms with Gasteiger partial charge in [0, 0.05) is 13.1 Å². The van der Waals surface area contributed by atoms with Crippen LogP contribution < -0.4 is 5.43 Å². The molecule has 7 heteroatoms. The van der Waals surface area contributed by atoms with Gasteiger partial charge in [-0.2, -0.15) is 0 Å². The third kappa shape index (κ3) is 5.65. The molecule has 1 heterocycles. The lowest BCUT2D eigenvalue weighted by atomic mass is 10.1. The van der Waals surface area contributed by atoms with Crippen molar-refractivity contribution in [3.8, 4) is 0 Å². The molecule has 0 aliphatic carbocycles. The second-order valence-corrected chi connectivity index (χ2v) is 7.79. The number of carbonyl (C=O) groups is 2. The second-order valence-electron chi connectivity index (χ2n) is 7.52. The van der Waals surface area contributed by atoms with Gasteiger partial charge >= 0.3 is 0 Å². The Balaban J connectivity index is 1.92. The lowest BCUT2D eigenvalue weighted by Gasteiger charge is -2.27. The Morgan fingerprint density at radius 3 is 2.50 bits per heavy atom. The Morgan fingerprint density at radius 2 is 1.81 bits per heavy atom. The largest absolute Gasteiger partial charge is 0.464 e. The molecule has 0 bridgehead atoms. The van der Waals surface area contributed by atoms with Crippen molar-refractivity contribution in [1.29, 1.82) is 0 Å². The lowest BCUT2D eigenvalue weighted by Crippen LogP contribution is -2.43. The molecule has 0 radical (unpaired) electrons. The van der Waals surface area contributed by atoms with Gasteiger partial charge in [0.05, 0.1) is 23.8 Å². The predicted octanol–water partition coefficient (Wildman–Crippen LogP) is 3.88. The minimum Gasteiger partial charge on any atom is -0.464 e. The van der Waals surface area contributed by atoms with Crippen LogP contribution in [0.1, 0.15) is 16.7 Å². The Kier molecular flexibility index (Phi) is 7.84. The van der Waals surface area contributed by atoms with Crippen LogP contribution in [0.15, 0.2) is 76.7 Å². The first-order chi connectivity index (χ1) is 15.4. The van der Waals surface area contributed by atoms with Crippen molar-refractivity contribution in [3.05, 3.63) is 94.4 Å². The molecule has 0 atom stereocenters. The Labute approximate surface area is 191 Å². The maximum Gasteiger partial charge on any atom is 0.242 e. The number of fused-ring (bicyclic) bond motifs is 1. The number of rotatable bonds is 9. The van der Waals surface area contributed by atoms with Gasteiger partial charge < -0.3 is 14.2 Å². The summed E-state index contributed by atoms with van der Waals surface area (Å²) < 4.78 is 5.65. The predicted molar refractivity (Wildman–Crippen MR) is 125 cm³/mol. The van der Waals surface area contributed by atoms with Crippen molar-refractivity contribution >= 4 is 34.4 Å². The van der Waals surface area contributed by atoms with Crippen molar-refractivity contribution in [1.82, 2.24) is 9.80 Å². The van der Waals surface area contributed by atoms with Crippen LogP contribution in [0.4, 0.5) is 0 Å². The van der Waals surface area contributed by atoms with E-state index in [1.807, 2.05) is 43.3 Å². The van der Waals surface area contributed by atoms with Crippen LogP contribution in [0.2, 0.25) is 0 Å². The van der Waals surface area contributed by atoms with Crippen LogP contribution in [0.25, 0.3) is 11.0 Å². The maximum absolute atomic E-state index is 13.2. The summed E-state index contributed by atoms with van der Waals surface area (Å²) in [6, 6.07) is 14.9. The third-order valence-corrected chi connectivity index (χ3v) is 5.30. The molecule has 3 aromatic rings. The number of halogens is 1. The van der Waals surface area contributed by atoms with Gasteiger partial charge in [-0.15, -0.1) is 18.2 Å². The zero-order valence-corrected chi connectivity index (χ0v) is 18.7. The normalized spacial score (nSPS) is 10.7. The molecule has 0 N–H and O–H groups in total. The zero-order valence-electron chi connectivity index (χ0n) is 17.9. The van der Waals surface area contributed by atoms with Gasteiger partial charge in [0.15, 0.2) is 5.43 Å². The fourth-order valence-corrected chi connectivity index (χ4v) is 3.56. The summed E-state index contributed by atoms with van der Waals surface area (Å²) in [5, 5.41) is 0.472. The number of amides is 2. The van der Waals surface area contributed by atoms with Crippen LogP contribution in [-0.4, -0.2) is 40.6 Å². The molecule has 1 aromatic heterocycles. The molecule has 166 valence electrons. The van der Waals surface area contributed by atoms with E-state index in [4.69, 9.17) is 16.0 Å². The monoisotopic (exact) mass is 452 g/mol. The van der Waals surface area contributed by atoms with Gasteiger partial charge in [-0.1, -0.05) is 48.0 Å². The van der Waals surface area contributed by atoms with E-state index < -0.39 is 0 Å². The molecule has 32 heavy (non-hydrogen) atoms. The van der Waals surface area contributed by atoms with Crippen molar-refractivity contribution in [2.24, 2.45) is 0 Å². The van der Waals surface area contributed by atoms with E-state index in [0.717, 1.165) is 11.1 Å². The third-order valence-electron chi connectivity index (χ3n) is 5.07.